The summed E-state index contributed by atoms with van der Waals surface area (Å²) in [6, 6.07) is 12.0. The van der Waals surface area contributed by atoms with Crippen molar-refractivity contribution >= 4 is 11.7 Å². The minimum absolute atomic E-state index is 0.288. The van der Waals surface area contributed by atoms with Gasteiger partial charge < -0.3 is 10.2 Å². The molecule has 0 amide bonds. The Balaban J connectivity index is 0.000000455. The van der Waals surface area contributed by atoms with Gasteiger partial charge in [-0.2, -0.15) is 5.10 Å². The number of hydrogen-bond acceptors (Lipinski definition) is 2. The summed E-state index contributed by atoms with van der Waals surface area (Å²) < 4.78 is 1.79. The van der Waals surface area contributed by atoms with E-state index in [2.05, 4.69) is 43.2 Å². The van der Waals surface area contributed by atoms with E-state index in [1.54, 1.807) is 4.68 Å². The van der Waals surface area contributed by atoms with Gasteiger partial charge in [0.25, 0.3) is 0 Å². The van der Waals surface area contributed by atoms with E-state index in [1.807, 2.05) is 82.4 Å². The van der Waals surface area contributed by atoms with Crippen LogP contribution in [0.1, 0.15) is 77.0 Å². The number of rotatable bonds is 6. The minimum Gasteiger partial charge on any atom is -0.329 e. The molecule has 1 aromatic carbocycles. The number of aryl methyl sites for hydroxylation is 2. The molecule has 200 valence electrons. The van der Waals surface area contributed by atoms with Crippen LogP contribution in [-0.2, 0) is 7.05 Å². The molecule has 5 heteroatoms. The summed E-state index contributed by atoms with van der Waals surface area (Å²) >= 11 is 0. The van der Waals surface area contributed by atoms with Crippen LogP contribution in [0.3, 0.4) is 0 Å². The van der Waals surface area contributed by atoms with Crippen molar-refractivity contribution in [2.75, 3.05) is 7.05 Å². The van der Waals surface area contributed by atoms with Crippen molar-refractivity contribution in [2.24, 2.45) is 17.5 Å². The number of allylic oxidation sites excluding steroid dienone is 3. The number of nitrogens with one attached hydrogen (secondary N) is 1. The van der Waals surface area contributed by atoms with Gasteiger partial charge in [-0.15, -0.1) is 0 Å². The maximum Gasteiger partial charge on any atom is 0.207 e. The van der Waals surface area contributed by atoms with E-state index < -0.39 is 0 Å². The molecule has 4 rings (SSSR count). The highest BCUT2D eigenvalue weighted by Gasteiger charge is 2.33. The average molecular weight is 502 g/mol. The van der Waals surface area contributed by atoms with Crippen LogP contribution >= 0.6 is 0 Å². The third kappa shape index (κ3) is 8.63. The molecule has 0 radical (unpaired) electrons. The summed E-state index contributed by atoms with van der Waals surface area (Å²) in [5, 5.41) is 7.54. The lowest BCUT2D eigenvalue weighted by Crippen LogP contribution is -2.41. The van der Waals surface area contributed by atoms with Crippen LogP contribution in [0.2, 0.25) is 0 Å². The molecule has 0 spiro atoms. The zero-order valence-corrected chi connectivity index (χ0v) is 24.0. The number of nitrogens with zero attached hydrogens (tertiary/aromatic N) is 4. The van der Waals surface area contributed by atoms with Crippen LogP contribution in [0, 0.1) is 12.3 Å². The smallest absolute Gasteiger partial charge is 0.207 e. The SMILES string of the molecule is C=C(N=C1NC(CCC2(C(=C)C)CCCCC2)=CC(=C)N1C)c1ccccc1.CC.Cc1ccn(C)n1. The van der Waals surface area contributed by atoms with Crippen LogP contribution in [0.25, 0.3) is 5.70 Å². The first-order chi connectivity index (χ1) is 17.7. The van der Waals surface area contributed by atoms with Crippen LogP contribution in [0.4, 0.5) is 0 Å². The molecular formula is C32H47N5. The molecule has 1 fully saturated rings. The third-order valence-corrected chi connectivity index (χ3v) is 7.15. The predicted molar refractivity (Wildman–Crippen MR) is 160 cm³/mol. The van der Waals surface area contributed by atoms with Crippen LogP contribution in [0.15, 0.2) is 90.4 Å². The summed E-state index contributed by atoms with van der Waals surface area (Å²) in [6.45, 7) is 20.9. The largest absolute Gasteiger partial charge is 0.329 e. The van der Waals surface area contributed by atoms with Gasteiger partial charge in [0.2, 0.25) is 5.96 Å². The third-order valence-electron chi connectivity index (χ3n) is 7.15. The summed E-state index contributed by atoms with van der Waals surface area (Å²) in [6.07, 6.45) is 12.7. The fraction of sp³-hybridized carbons (Fsp3) is 0.438. The highest BCUT2D eigenvalue weighted by Crippen LogP contribution is 2.45. The molecule has 1 aliphatic carbocycles. The Morgan fingerprint density at radius 3 is 2.22 bits per heavy atom. The number of guanidine groups is 1. The average Bonchev–Trinajstić information content (AvgIpc) is 3.30. The lowest BCUT2D eigenvalue weighted by Gasteiger charge is -2.39. The van der Waals surface area contributed by atoms with Crippen molar-refractivity contribution in [3.63, 3.8) is 0 Å². The van der Waals surface area contributed by atoms with Crippen molar-refractivity contribution in [3.05, 3.63) is 96.6 Å². The Kier molecular flexibility index (Phi) is 11.6. The molecule has 1 N–H and O–H groups in total. The minimum atomic E-state index is 0.288. The molecule has 0 saturated heterocycles. The number of benzene rings is 1. The van der Waals surface area contributed by atoms with Gasteiger partial charge in [0.15, 0.2) is 0 Å². The predicted octanol–water partition coefficient (Wildman–Crippen LogP) is 8.01. The van der Waals surface area contributed by atoms with E-state index >= 15 is 0 Å². The summed E-state index contributed by atoms with van der Waals surface area (Å²) in [5.74, 6) is 0.782. The molecule has 0 bridgehead atoms. The molecule has 2 heterocycles. The monoisotopic (exact) mass is 501 g/mol. The fourth-order valence-electron chi connectivity index (χ4n) is 4.78. The maximum atomic E-state index is 4.75. The molecule has 37 heavy (non-hydrogen) atoms. The summed E-state index contributed by atoms with van der Waals surface area (Å²) in [7, 11) is 3.89. The van der Waals surface area contributed by atoms with Gasteiger partial charge in [-0.25, -0.2) is 4.99 Å². The van der Waals surface area contributed by atoms with Crippen molar-refractivity contribution in [1.82, 2.24) is 20.0 Å². The Labute approximate surface area is 225 Å². The number of hydrogen-bond donors (Lipinski definition) is 1. The van der Waals surface area contributed by atoms with Crippen LogP contribution < -0.4 is 5.32 Å². The van der Waals surface area contributed by atoms with Crippen molar-refractivity contribution in [1.29, 1.82) is 0 Å². The van der Waals surface area contributed by atoms with Gasteiger partial charge in [-0.1, -0.05) is 88.8 Å². The molecule has 0 atom stereocenters. The molecule has 0 unspecified atom stereocenters. The van der Waals surface area contributed by atoms with Crippen molar-refractivity contribution in [3.8, 4) is 0 Å². The van der Waals surface area contributed by atoms with Crippen LogP contribution in [-0.4, -0.2) is 27.7 Å². The number of aliphatic imine (C=N–C) groups is 1. The van der Waals surface area contributed by atoms with Gasteiger partial charge >= 0.3 is 0 Å². The lowest BCUT2D eigenvalue weighted by atomic mass is 9.67. The quantitative estimate of drug-likeness (QED) is 0.408. The van der Waals surface area contributed by atoms with E-state index in [-0.39, 0.29) is 5.41 Å². The zero-order chi connectivity index (χ0) is 27.4. The van der Waals surface area contributed by atoms with Gasteiger partial charge in [0.05, 0.1) is 11.4 Å². The summed E-state index contributed by atoms with van der Waals surface area (Å²) in [4.78, 5) is 6.73. The fourth-order valence-corrected chi connectivity index (χ4v) is 4.78. The van der Waals surface area contributed by atoms with E-state index in [0.29, 0.717) is 0 Å². The second kappa shape index (κ2) is 14.4. The van der Waals surface area contributed by atoms with E-state index in [0.717, 1.165) is 41.5 Å². The molecule has 5 nitrogen and oxygen atoms in total. The van der Waals surface area contributed by atoms with E-state index in [1.165, 1.54) is 43.4 Å². The number of aromatic nitrogens is 2. The topological polar surface area (TPSA) is 45.5 Å². The molecule has 1 aromatic heterocycles. The van der Waals surface area contributed by atoms with Gasteiger partial charge in [0.1, 0.15) is 0 Å². The van der Waals surface area contributed by atoms with Crippen LogP contribution in [0.5, 0.6) is 0 Å². The molecular weight excluding hydrogens is 454 g/mol. The van der Waals surface area contributed by atoms with Crippen molar-refractivity contribution < 1.29 is 0 Å². The first-order valence-corrected chi connectivity index (χ1v) is 13.6. The Bertz CT molecular complexity index is 1080. The molecule has 2 aromatic rings. The number of likely N-dealkylation sites (N-methyl/N-ethyl adjacent to an activating group) is 1. The Hall–Kier alpha value is -3.34. The standard InChI is InChI=1S/C25H33N3.C5H8N2.C2H6/c1-19(2)25(15-10-7-11-16-25)17-14-23-18-20(3)28(5)24(27-23)26-21(4)22-12-8-6-9-13-22;1-5-3-4-7(2)6-5;1-2/h6,8-9,12-13,18H,1,3-4,7,10-11,14-17H2,2,5H3,(H,26,27);3-4H,1-2H3;1-2H3. The van der Waals surface area contributed by atoms with Crippen molar-refractivity contribution in [2.45, 2.75) is 72.6 Å². The second-order valence-corrected chi connectivity index (χ2v) is 9.85. The normalized spacial score (nSPS) is 17.5. The maximum absolute atomic E-state index is 4.75. The Morgan fingerprint density at radius 2 is 1.70 bits per heavy atom. The van der Waals surface area contributed by atoms with Gasteiger partial charge in [-0.05, 0) is 62.7 Å². The van der Waals surface area contributed by atoms with Gasteiger partial charge in [0, 0.05) is 31.7 Å². The van der Waals surface area contributed by atoms with Gasteiger partial charge in [-0.3, -0.25) is 4.68 Å². The van der Waals surface area contributed by atoms with E-state index in [4.69, 9.17) is 4.99 Å². The molecule has 1 aliphatic heterocycles. The Morgan fingerprint density at radius 1 is 1.05 bits per heavy atom. The lowest BCUT2D eigenvalue weighted by molar-refractivity contribution is 0.221. The highest BCUT2D eigenvalue weighted by molar-refractivity contribution is 5.89. The first-order valence-electron chi connectivity index (χ1n) is 13.6. The van der Waals surface area contributed by atoms with E-state index in [9.17, 15) is 0 Å². The zero-order valence-electron chi connectivity index (χ0n) is 24.0. The molecule has 2 aliphatic rings. The molecule has 1 saturated carbocycles. The second-order valence-electron chi connectivity index (χ2n) is 9.85. The summed E-state index contributed by atoms with van der Waals surface area (Å²) in [5.41, 5.74) is 6.59. The first kappa shape index (κ1) is 29.9. The highest BCUT2D eigenvalue weighted by atomic mass is 15.3.